The Morgan fingerprint density at radius 3 is 2.64 bits per heavy atom. The predicted molar refractivity (Wildman–Crippen MR) is 96.4 cm³/mol. The molecule has 3 rings (SSSR count). The Bertz CT molecular complexity index is 709. The number of hydrogen-bond donors (Lipinski definition) is 1. The van der Waals surface area contributed by atoms with E-state index in [9.17, 15) is 5.11 Å². The Morgan fingerprint density at radius 2 is 2.00 bits per heavy atom. The van der Waals surface area contributed by atoms with E-state index in [4.69, 9.17) is 4.74 Å². The van der Waals surface area contributed by atoms with E-state index in [1.807, 2.05) is 38.1 Å². The molecule has 136 valence electrons. The predicted octanol–water partition coefficient (Wildman–Crippen LogP) is 2.49. The monoisotopic (exact) mass is 344 g/mol. The first kappa shape index (κ1) is 17.9. The maximum atomic E-state index is 11.3. The zero-order valence-corrected chi connectivity index (χ0v) is 15.6. The molecular formula is C19H28N4O2. The van der Waals surface area contributed by atoms with Gasteiger partial charge in [0, 0.05) is 12.6 Å². The molecule has 0 spiro atoms. The molecule has 6 heteroatoms. The molecular weight excluding hydrogens is 316 g/mol. The minimum atomic E-state index is -0.922. The SMILES string of the molecule is CCn1c(C)nnc1CN1CCCC1C(C)(O)c1ccc(OC)cc1. The second kappa shape index (κ2) is 7.14. The molecule has 2 aromatic rings. The molecule has 2 heterocycles. The second-order valence-electron chi connectivity index (χ2n) is 6.91. The first-order valence-corrected chi connectivity index (χ1v) is 8.97. The van der Waals surface area contributed by atoms with E-state index >= 15 is 0 Å². The van der Waals surface area contributed by atoms with Gasteiger partial charge in [0.2, 0.25) is 0 Å². The summed E-state index contributed by atoms with van der Waals surface area (Å²) in [5.41, 5.74) is -0.00662. The lowest BCUT2D eigenvalue weighted by Gasteiger charge is -2.37. The number of aromatic nitrogens is 3. The molecule has 0 amide bonds. The lowest BCUT2D eigenvalue weighted by atomic mass is 9.86. The van der Waals surface area contributed by atoms with Gasteiger partial charge in [0.05, 0.1) is 13.7 Å². The third-order valence-electron chi connectivity index (χ3n) is 5.36. The highest BCUT2D eigenvalue weighted by atomic mass is 16.5. The summed E-state index contributed by atoms with van der Waals surface area (Å²) < 4.78 is 7.36. The van der Waals surface area contributed by atoms with Crippen LogP contribution >= 0.6 is 0 Å². The molecule has 0 saturated carbocycles. The maximum Gasteiger partial charge on any atom is 0.147 e. The normalized spacial score (nSPS) is 20.6. The van der Waals surface area contributed by atoms with Crippen LogP contribution in [0.4, 0.5) is 0 Å². The van der Waals surface area contributed by atoms with Gasteiger partial charge in [-0.2, -0.15) is 0 Å². The molecule has 0 radical (unpaired) electrons. The van der Waals surface area contributed by atoms with Crippen LogP contribution in [0.2, 0.25) is 0 Å². The van der Waals surface area contributed by atoms with Crippen LogP contribution in [-0.4, -0.2) is 44.5 Å². The van der Waals surface area contributed by atoms with Crippen molar-refractivity contribution in [1.29, 1.82) is 0 Å². The number of ether oxygens (including phenoxy) is 1. The number of methoxy groups -OCH3 is 1. The van der Waals surface area contributed by atoms with Crippen LogP contribution in [0.1, 0.15) is 43.9 Å². The van der Waals surface area contributed by atoms with Gasteiger partial charge in [-0.15, -0.1) is 10.2 Å². The standard InChI is InChI=1S/C19H28N4O2/c1-5-23-14(2)20-21-18(23)13-22-12-6-7-17(22)19(3,24)15-8-10-16(25-4)11-9-15/h8-11,17,24H,5-7,12-13H2,1-4H3. The van der Waals surface area contributed by atoms with Crippen molar-refractivity contribution in [3.8, 4) is 5.75 Å². The Labute approximate surface area is 149 Å². The summed E-state index contributed by atoms with van der Waals surface area (Å²) >= 11 is 0. The summed E-state index contributed by atoms with van der Waals surface area (Å²) in [5.74, 6) is 2.71. The highest BCUT2D eigenvalue weighted by Crippen LogP contribution is 2.36. The van der Waals surface area contributed by atoms with Crippen LogP contribution in [0, 0.1) is 6.92 Å². The van der Waals surface area contributed by atoms with Crippen molar-refractivity contribution >= 4 is 0 Å². The van der Waals surface area contributed by atoms with Crippen LogP contribution in [0.5, 0.6) is 5.75 Å². The van der Waals surface area contributed by atoms with Crippen molar-refractivity contribution in [3.63, 3.8) is 0 Å². The number of aliphatic hydroxyl groups is 1. The molecule has 0 aliphatic carbocycles. The van der Waals surface area contributed by atoms with Gasteiger partial charge < -0.3 is 14.4 Å². The summed E-state index contributed by atoms with van der Waals surface area (Å²) in [6, 6.07) is 7.77. The summed E-state index contributed by atoms with van der Waals surface area (Å²) in [4.78, 5) is 2.33. The molecule has 2 atom stereocenters. The van der Waals surface area contributed by atoms with Crippen LogP contribution in [0.3, 0.4) is 0 Å². The number of benzene rings is 1. The smallest absolute Gasteiger partial charge is 0.147 e. The quantitative estimate of drug-likeness (QED) is 0.872. The minimum absolute atomic E-state index is 0.0585. The van der Waals surface area contributed by atoms with E-state index in [1.165, 1.54) is 0 Å². The zero-order chi connectivity index (χ0) is 18.0. The van der Waals surface area contributed by atoms with Crippen molar-refractivity contribution in [3.05, 3.63) is 41.5 Å². The van der Waals surface area contributed by atoms with Crippen molar-refractivity contribution in [2.24, 2.45) is 0 Å². The van der Waals surface area contributed by atoms with E-state index in [0.29, 0.717) is 6.54 Å². The van der Waals surface area contributed by atoms with Gasteiger partial charge in [0.15, 0.2) is 0 Å². The summed E-state index contributed by atoms with van der Waals surface area (Å²) in [6.45, 7) is 8.54. The van der Waals surface area contributed by atoms with Crippen molar-refractivity contribution in [2.45, 2.75) is 58.3 Å². The van der Waals surface area contributed by atoms with E-state index in [2.05, 4.69) is 26.6 Å². The van der Waals surface area contributed by atoms with E-state index < -0.39 is 5.60 Å². The summed E-state index contributed by atoms with van der Waals surface area (Å²) in [5, 5.41) is 19.8. The van der Waals surface area contributed by atoms with Crippen molar-refractivity contribution in [1.82, 2.24) is 19.7 Å². The van der Waals surface area contributed by atoms with Gasteiger partial charge in [-0.3, -0.25) is 4.90 Å². The van der Waals surface area contributed by atoms with Gasteiger partial charge in [-0.05, 0) is 57.9 Å². The third-order valence-corrected chi connectivity index (χ3v) is 5.36. The maximum absolute atomic E-state index is 11.3. The Morgan fingerprint density at radius 1 is 1.28 bits per heavy atom. The van der Waals surface area contributed by atoms with E-state index in [0.717, 1.165) is 48.9 Å². The molecule has 1 aliphatic rings. The number of likely N-dealkylation sites (tertiary alicyclic amines) is 1. The largest absolute Gasteiger partial charge is 0.497 e. The topological polar surface area (TPSA) is 63.4 Å². The molecule has 2 unspecified atom stereocenters. The summed E-state index contributed by atoms with van der Waals surface area (Å²) in [6.07, 6.45) is 2.05. The van der Waals surface area contributed by atoms with Gasteiger partial charge in [0.1, 0.15) is 23.0 Å². The fourth-order valence-corrected chi connectivity index (χ4v) is 3.91. The first-order chi connectivity index (χ1) is 12.0. The molecule has 1 aromatic carbocycles. The lowest BCUT2D eigenvalue weighted by molar-refractivity contribution is -0.0264. The van der Waals surface area contributed by atoms with Gasteiger partial charge in [0.25, 0.3) is 0 Å². The number of aryl methyl sites for hydroxylation is 1. The number of nitrogens with zero attached hydrogens (tertiary/aromatic N) is 4. The van der Waals surface area contributed by atoms with Gasteiger partial charge in [-0.25, -0.2) is 0 Å². The number of rotatable bonds is 6. The Kier molecular flexibility index (Phi) is 5.11. The van der Waals surface area contributed by atoms with Crippen LogP contribution < -0.4 is 4.74 Å². The van der Waals surface area contributed by atoms with Gasteiger partial charge >= 0.3 is 0 Å². The van der Waals surface area contributed by atoms with E-state index in [-0.39, 0.29) is 6.04 Å². The molecule has 1 aromatic heterocycles. The molecule has 0 bridgehead atoms. The third kappa shape index (κ3) is 3.41. The van der Waals surface area contributed by atoms with Crippen molar-refractivity contribution < 1.29 is 9.84 Å². The summed E-state index contributed by atoms with van der Waals surface area (Å²) in [7, 11) is 1.65. The molecule has 6 nitrogen and oxygen atoms in total. The average molecular weight is 344 g/mol. The fraction of sp³-hybridized carbons (Fsp3) is 0.579. The van der Waals surface area contributed by atoms with Gasteiger partial charge in [-0.1, -0.05) is 12.1 Å². The number of hydrogen-bond acceptors (Lipinski definition) is 5. The van der Waals surface area contributed by atoms with Crippen molar-refractivity contribution in [2.75, 3.05) is 13.7 Å². The zero-order valence-electron chi connectivity index (χ0n) is 15.6. The van der Waals surface area contributed by atoms with E-state index in [1.54, 1.807) is 7.11 Å². The van der Waals surface area contributed by atoms with Crippen LogP contribution in [0.25, 0.3) is 0 Å². The van der Waals surface area contributed by atoms with Crippen LogP contribution in [0.15, 0.2) is 24.3 Å². The van der Waals surface area contributed by atoms with Crippen LogP contribution in [-0.2, 0) is 18.7 Å². The minimum Gasteiger partial charge on any atom is -0.497 e. The first-order valence-electron chi connectivity index (χ1n) is 8.97. The molecule has 25 heavy (non-hydrogen) atoms. The average Bonchev–Trinajstić information content (AvgIpc) is 3.22. The second-order valence-corrected chi connectivity index (χ2v) is 6.91. The molecule has 1 fully saturated rings. The Balaban J connectivity index is 1.81. The highest BCUT2D eigenvalue weighted by molar-refractivity contribution is 5.31. The molecule has 1 saturated heterocycles. The molecule has 1 N–H and O–H groups in total. The fourth-order valence-electron chi connectivity index (χ4n) is 3.91. The molecule has 1 aliphatic heterocycles. The Hall–Kier alpha value is -1.92. The lowest BCUT2D eigenvalue weighted by Crippen LogP contribution is -2.45. The highest BCUT2D eigenvalue weighted by Gasteiger charge is 2.40.